The van der Waals surface area contributed by atoms with E-state index in [0.29, 0.717) is 6.54 Å². The third-order valence-corrected chi connectivity index (χ3v) is 3.86. The Kier molecular flexibility index (Phi) is 5.52. The molecule has 0 saturated carbocycles. The van der Waals surface area contributed by atoms with Crippen molar-refractivity contribution in [2.75, 3.05) is 26.7 Å². The SMILES string of the molecule is Cc1cc(F)ccc1C(O)CN(C)CC1CCCCO1. The fourth-order valence-electron chi connectivity index (χ4n) is 2.78. The minimum Gasteiger partial charge on any atom is -0.387 e. The van der Waals surface area contributed by atoms with Crippen molar-refractivity contribution in [2.24, 2.45) is 0 Å². The van der Waals surface area contributed by atoms with Gasteiger partial charge in [-0.2, -0.15) is 0 Å². The van der Waals surface area contributed by atoms with Gasteiger partial charge in [0.15, 0.2) is 0 Å². The molecule has 1 heterocycles. The molecule has 0 aliphatic carbocycles. The first kappa shape index (κ1) is 15.4. The zero-order valence-electron chi connectivity index (χ0n) is 12.3. The lowest BCUT2D eigenvalue weighted by molar-refractivity contribution is -0.00798. The van der Waals surface area contributed by atoms with E-state index < -0.39 is 6.10 Å². The number of aryl methyl sites for hydroxylation is 1. The van der Waals surface area contributed by atoms with Gasteiger partial charge in [-0.15, -0.1) is 0 Å². The zero-order chi connectivity index (χ0) is 14.5. The van der Waals surface area contributed by atoms with Gasteiger partial charge in [0.2, 0.25) is 0 Å². The number of rotatable bonds is 5. The van der Waals surface area contributed by atoms with E-state index in [1.807, 2.05) is 14.0 Å². The van der Waals surface area contributed by atoms with Crippen LogP contribution >= 0.6 is 0 Å². The van der Waals surface area contributed by atoms with Gasteiger partial charge in [-0.25, -0.2) is 4.39 Å². The van der Waals surface area contributed by atoms with Gasteiger partial charge < -0.3 is 14.7 Å². The Labute approximate surface area is 120 Å². The average Bonchev–Trinajstić information content (AvgIpc) is 2.39. The smallest absolute Gasteiger partial charge is 0.123 e. The van der Waals surface area contributed by atoms with Crippen molar-refractivity contribution in [1.82, 2.24) is 4.90 Å². The fraction of sp³-hybridized carbons (Fsp3) is 0.625. The Morgan fingerprint density at radius 2 is 2.25 bits per heavy atom. The third kappa shape index (κ3) is 4.27. The van der Waals surface area contributed by atoms with Crippen LogP contribution in [0.5, 0.6) is 0 Å². The van der Waals surface area contributed by atoms with Gasteiger partial charge in [-0.3, -0.25) is 0 Å². The molecular weight excluding hydrogens is 257 g/mol. The lowest BCUT2D eigenvalue weighted by atomic mass is 10.0. The minimum absolute atomic E-state index is 0.262. The molecule has 0 spiro atoms. The molecule has 1 aromatic rings. The molecule has 0 amide bonds. The van der Waals surface area contributed by atoms with Crippen LogP contribution in [0.25, 0.3) is 0 Å². The number of hydrogen-bond acceptors (Lipinski definition) is 3. The lowest BCUT2D eigenvalue weighted by Gasteiger charge is -2.28. The normalized spacial score (nSPS) is 21.1. The topological polar surface area (TPSA) is 32.7 Å². The van der Waals surface area contributed by atoms with Crippen LogP contribution in [-0.2, 0) is 4.74 Å². The standard InChI is InChI=1S/C16H24FNO2/c1-12-9-13(17)6-7-15(12)16(19)11-18(2)10-14-5-3-4-8-20-14/h6-7,9,14,16,19H,3-5,8,10-11H2,1-2H3. The number of ether oxygens (including phenoxy) is 1. The van der Waals surface area contributed by atoms with Crippen molar-refractivity contribution >= 4 is 0 Å². The van der Waals surface area contributed by atoms with Crippen molar-refractivity contribution in [1.29, 1.82) is 0 Å². The first-order chi connectivity index (χ1) is 9.56. The van der Waals surface area contributed by atoms with E-state index in [0.717, 1.165) is 37.1 Å². The summed E-state index contributed by atoms with van der Waals surface area (Å²) in [6.07, 6.45) is 3.14. The van der Waals surface area contributed by atoms with E-state index in [9.17, 15) is 9.50 Å². The molecule has 1 aliphatic heterocycles. The molecular formula is C16H24FNO2. The van der Waals surface area contributed by atoms with E-state index in [1.54, 1.807) is 6.07 Å². The summed E-state index contributed by atoms with van der Waals surface area (Å²) < 4.78 is 18.8. The van der Waals surface area contributed by atoms with Gasteiger partial charge in [0.25, 0.3) is 0 Å². The summed E-state index contributed by atoms with van der Waals surface area (Å²) in [7, 11) is 1.99. The Morgan fingerprint density at radius 1 is 1.45 bits per heavy atom. The predicted molar refractivity (Wildman–Crippen MR) is 77.2 cm³/mol. The molecule has 20 heavy (non-hydrogen) atoms. The molecule has 1 saturated heterocycles. The maximum absolute atomic E-state index is 13.1. The maximum atomic E-state index is 13.1. The summed E-state index contributed by atoms with van der Waals surface area (Å²) in [5.74, 6) is -0.262. The van der Waals surface area contributed by atoms with Crippen LogP contribution in [0.15, 0.2) is 18.2 Å². The van der Waals surface area contributed by atoms with Crippen molar-refractivity contribution in [3.63, 3.8) is 0 Å². The molecule has 2 unspecified atom stereocenters. The Morgan fingerprint density at radius 3 is 2.90 bits per heavy atom. The summed E-state index contributed by atoms with van der Waals surface area (Å²) in [6, 6.07) is 4.53. The van der Waals surface area contributed by atoms with Crippen molar-refractivity contribution in [3.8, 4) is 0 Å². The molecule has 1 aromatic carbocycles. The monoisotopic (exact) mass is 281 g/mol. The first-order valence-electron chi connectivity index (χ1n) is 7.30. The molecule has 3 nitrogen and oxygen atoms in total. The van der Waals surface area contributed by atoms with Crippen LogP contribution in [0.2, 0.25) is 0 Å². The average molecular weight is 281 g/mol. The molecule has 4 heteroatoms. The van der Waals surface area contributed by atoms with Crippen LogP contribution in [0, 0.1) is 12.7 Å². The summed E-state index contributed by atoms with van der Waals surface area (Å²) in [5, 5.41) is 10.3. The number of nitrogens with zero attached hydrogens (tertiary/aromatic N) is 1. The van der Waals surface area contributed by atoms with Gasteiger partial charge in [0.05, 0.1) is 12.2 Å². The number of aliphatic hydroxyl groups is 1. The van der Waals surface area contributed by atoms with Crippen molar-refractivity contribution < 1.29 is 14.2 Å². The van der Waals surface area contributed by atoms with Gasteiger partial charge in [0.1, 0.15) is 5.82 Å². The zero-order valence-corrected chi connectivity index (χ0v) is 12.3. The van der Waals surface area contributed by atoms with Crippen LogP contribution in [0.4, 0.5) is 4.39 Å². The van der Waals surface area contributed by atoms with Gasteiger partial charge >= 0.3 is 0 Å². The van der Waals surface area contributed by atoms with Crippen molar-refractivity contribution in [3.05, 3.63) is 35.1 Å². The molecule has 0 radical (unpaired) electrons. The van der Waals surface area contributed by atoms with E-state index >= 15 is 0 Å². The van der Waals surface area contributed by atoms with E-state index in [2.05, 4.69) is 4.90 Å². The Balaban J connectivity index is 1.87. The highest BCUT2D eigenvalue weighted by Crippen LogP contribution is 2.20. The molecule has 112 valence electrons. The second-order valence-electron chi connectivity index (χ2n) is 5.73. The highest BCUT2D eigenvalue weighted by atomic mass is 19.1. The largest absolute Gasteiger partial charge is 0.387 e. The molecule has 0 aromatic heterocycles. The van der Waals surface area contributed by atoms with Crippen LogP contribution < -0.4 is 0 Å². The third-order valence-electron chi connectivity index (χ3n) is 3.86. The maximum Gasteiger partial charge on any atom is 0.123 e. The highest BCUT2D eigenvalue weighted by molar-refractivity contribution is 5.28. The summed E-state index contributed by atoms with van der Waals surface area (Å²) in [4.78, 5) is 2.09. The number of halogens is 1. The minimum atomic E-state index is -0.593. The molecule has 1 N–H and O–H groups in total. The van der Waals surface area contributed by atoms with Crippen LogP contribution in [0.3, 0.4) is 0 Å². The number of aliphatic hydroxyl groups excluding tert-OH is 1. The summed E-state index contributed by atoms with van der Waals surface area (Å²) in [6.45, 7) is 4.04. The fourth-order valence-corrected chi connectivity index (χ4v) is 2.78. The molecule has 2 rings (SSSR count). The second kappa shape index (κ2) is 7.16. The molecule has 0 bridgehead atoms. The van der Waals surface area contributed by atoms with Gasteiger partial charge in [-0.05, 0) is 56.5 Å². The van der Waals surface area contributed by atoms with Crippen LogP contribution in [-0.4, -0.2) is 42.9 Å². The summed E-state index contributed by atoms with van der Waals surface area (Å²) >= 11 is 0. The Hall–Kier alpha value is -0.970. The second-order valence-corrected chi connectivity index (χ2v) is 5.73. The molecule has 1 aliphatic rings. The Bertz CT molecular complexity index is 432. The molecule has 2 atom stereocenters. The number of hydrogen-bond donors (Lipinski definition) is 1. The highest BCUT2D eigenvalue weighted by Gasteiger charge is 2.19. The van der Waals surface area contributed by atoms with Gasteiger partial charge in [0, 0.05) is 19.7 Å². The summed E-state index contributed by atoms with van der Waals surface area (Å²) in [5.41, 5.74) is 1.59. The van der Waals surface area contributed by atoms with E-state index in [4.69, 9.17) is 4.74 Å². The molecule has 1 fully saturated rings. The van der Waals surface area contributed by atoms with E-state index in [-0.39, 0.29) is 11.9 Å². The predicted octanol–water partition coefficient (Wildman–Crippen LogP) is 2.67. The number of benzene rings is 1. The number of likely N-dealkylation sites (N-methyl/N-ethyl adjacent to an activating group) is 1. The van der Waals surface area contributed by atoms with E-state index in [1.165, 1.54) is 18.6 Å². The van der Waals surface area contributed by atoms with Gasteiger partial charge in [-0.1, -0.05) is 6.07 Å². The van der Waals surface area contributed by atoms with Crippen LogP contribution in [0.1, 0.15) is 36.5 Å². The first-order valence-corrected chi connectivity index (χ1v) is 7.30. The van der Waals surface area contributed by atoms with Crippen molar-refractivity contribution in [2.45, 2.75) is 38.4 Å². The quantitative estimate of drug-likeness (QED) is 0.900. The lowest BCUT2D eigenvalue weighted by Crippen LogP contribution is -2.35.